The van der Waals surface area contributed by atoms with Crippen LogP contribution in [0.15, 0.2) is 42.5 Å². The van der Waals surface area contributed by atoms with E-state index in [-0.39, 0.29) is 11.8 Å². The van der Waals surface area contributed by atoms with Crippen molar-refractivity contribution in [3.8, 4) is 5.75 Å². The Morgan fingerprint density at radius 2 is 1.81 bits per heavy atom. The summed E-state index contributed by atoms with van der Waals surface area (Å²) in [4.78, 5) is 16.3. The van der Waals surface area contributed by atoms with Gasteiger partial charge in [-0.2, -0.15) is 0 Å². The molecule has 1 aliphatic heterocycles. The van der Waals surface area contributed by atoms with E-state index in [9.17, 15) is 4.79 Å². The molecule has 0 aliphatic carbocycles. The number of carbonyl (C=O) groups is 1. The molecule has 1 amide bonds. The van der Waals surface area contributed by atoms with Crippen molar-refractivity contribution >= 4 is 17.3 Å². The van der Waals surface area contributed by atoms with E-state index < -0.39 is 0 Å². The zero-order chi connectivity index (χ0) is 18.7. The Labute approximate surface area is 155 Å². The molecule has 2 aromatic rings. The molecule has 0 spiro atoms. The van der Waals surface area contributed by atoms with Gasteiger partial charge < -0.3 is 19.9 Å². The molecule has 1 atom stereocenters. The van der Waals surface area contributed by atoms with Crippen LogP contribution in [0.4, 0.5) is 11.4 Å². The number of carbonyl (C=O) groups excluding carboxylic acids is 1. The molecule has 0 radical (unpaired) electrons. The first-order chi connectivity index (χ1) is 12.4. The van der Waals surface area contributed by atoms with Crippen LogP contribution in [0.25, 0.3) is 0 Å². The number of ether oxygens (including phenoxy) is 1. The number of anilines is 2. The maximum atomic E-state index is 12.2. The highest BCUT2D eigenvalue weighted by Gasteiger charge is 2.26. The fourth-order valence-corrected chi connectivity index (χ4v) is 3.17. The van der Waals surface area contributed by atoms with Crippen molar-refractivity contribution < 1.29 is 9.53 Å². The van der Waals surface area contributed by atoms with Crippen LogP contribution in [0.1, 0.15) is 23.5 Å². The van der Waals surface area contributed by atoms with Crippen molar-refractivity contribution in [1.29, 1.82) is 0 Å². The lowest BCUT2D eigenvalue weighted by Gasteiger charge is -2.27. The van der Waals surface area contributed by atoms with Gasteiger partial charge in [-0.05, 0) is 49.5 Å². The number of hydrogen-bond donors (Lipinski definition) is 1. The second kappa shape index (κ2) is 7.79. The minimum atomic E-state index is 0.0599. The molecule has 0 saturated carbocycles. The van der Waals surface area contributed by atoms with Gasteiger partial charge in [0.25, 0.3) is 0 Å². The van der Waals surface area contributed by atoms with Crippen LogP contribution < -0.4 is 15.0 Å². The third-order valence-corrected chi connectivity index (χ3v) is 4.68. The molecule has 1 N–H and O–H groups in total. The smallest absolute Gasteiger partial charge is 0.225 e. The largest absolute Gasteiger partial charge is 0.492 e. The molecule has 5 heteroatoms. The number of nitrogens with zero attached hydrogens (tertiary/aromatic N) is 2. The maximum Gasteiger partial charge on any atom is 0.225 e. The Bertz CT molecular complexity index is 769. The van der Waals surface area contributed by atoms with Gasteiger partial charge in [0.2, 0.25) is 5.91 Å². The molecule has 0 bridgehead atoms. The first kappa shape index (κ1) is 18.3. The number of amides is 1. The second-order valence-electron chi connectivity index (χ2n) is 7.19. The molecular formula is C21H27N3O2. The quantitative estimate of drug-likeness (QED) is 0.866. The van der Waals surface area contributed by atoms with Gasteiger partial charge in [0.05, 0.1) is 0 Å². The predicted molar refractivity (Wildman–Crippen MR) is 106 cm³/mol. The summed E-state index contributed by atoms with van der Waals surface area (Å²) in [6.45, 7) is 1.54. The number of benzene rings is 2. The van der Waals surface area contributed by atoms with E-state index in [0.717, 1.165) is 34.8 Å². The van der Waals surface area contributed by atoms with E-state index >= 15 is 0 Å². The summed E-state index contributed by atoms with van der Waals surface area (Å²) in [6.07, 6.45) is 0.467. The molecule has 1 unspecified atom stereocenters. The molecule has 0 fully saturated rings. The Morgan fingerprint density at radius 3 is 2.46 bits per heavy atom. The lowest BCUT2D eigenvalue weighted by atomic mass is 9.84. The first-order valence-electron chi connectivity index (χ1n) is 8.92. The topological polar surface area (TPSA) is 44.8 Å². The van der Waals surface area contributed by atoms with Gasteiger partial charge in [0, 0.05) is 44.4 Å². The van der Waals surface area contributed by atoms with Crippen LogP contribution in [0, 0.1) is 0 Å². The summed E-state index contributed by atoms with van der Waals surface area (Å²) in [5, 5.41) is 3.01. The van der Waals surface area contributed by atoms with Gasteiger partial charge in [-0.1, -0.05) is 18.2 Å². The highest BCUT2D eigenvalue weighted by atomic mass is 16.5. The Hall–Kier alpha value is -2.53. The SMILES string of the molecule is CN(C)CCOc1ccc(C2CC(=O)Nc3cc(N(C)C)ccc32)cc1. The third kappa shape index (κ3) is 4.17. The van der Waals surface area contributed by atoms with E-state index in [1.165, 1.54) is 0 Å². The number of nitrogens with one attached hydrogen (secondary N) is 1. The highest BCUT2D eigenvalue weighted by molar-refractivity contribution is 5.96. The average molecular weight is 353 g/mol. The number of hydrogen-bond acceptors (Lipinski definition) is 4. The van der Waals surface area contributed by atoms with Gasteiger partial charge >= 0.3 is 0 Å². The summed E-state index contributed by atoms with van der Waals surface area (Å²) < 4.78 is 5.77. The molecule has 0 saturated heterocycles. The summed E-state index contributed by atoms with van der Waals surface area (Å²) >= 11 is 0. The van der Waals surface area contributed by atoms with Crippen LogP contribution in [0.3, 0.4) is 0 Å². The van der Waals surface area contributed by atoms with Gasteiger partial charge in [0.15, 0.2) is 0 Å². The van der Waals surface area contributed by atoms with Gasteiger partial charge in [-0.25, -0.2) is 0 Å². The van der Waals surface area contributed by atoms with Crippen LogP contribution in [-0.2, 0) is 4.79 Å². The van der Waals surface area contributed by atoms with Crippen molar-refractivity contribution in [2.75, 3.05) is 51.6 Å². The average Bonchev–Trinajstić information content (AvgIpc) is 2.60. The van der Waals surface area contributed by atoms with E-state index in [1.54, 1.807) is 0 Å². The van der Waals surface area contributed by atoms with E-state index in [4.69, 9.17) is 4.74 Å². The fourth-order valence-electron chi connectivity index (χ4n) is 3.17. The Balaban J connectivity index is 1.80. The molecule has 1 aliphatic rings. The Kier molecular flexibility index (Phi) is 5.47. The molecule has 26 heavy (non-hydrogen) atoms. The van der Waals surface area contributed by atoms with Gasteiger partial charge in [0.1, 0.15) is 12.4 Å². The van der Waals surface area contributed by atoms with Crippen LogP contribution in [-0.4, -0.2) is 52.1 Å². The van der Waals surface area contributed by atoms with Crippen LogP contribution in [0.5, 0.6) is 5.75 Å². The Morgan fingerprint density at radius 1 is 1.08 bits per heavy atom. The zero-order valence-electron chi connectivity index (χ0n) is 16.0. The standard InChI is InChI=1S/C21H27N3O2/c1-23(2)11-12-26-17-8-5-15(6-9-17)19-14-21(25)22-20-13-16(24(3)4)7-10-18(19)20/h5-10,13,19H,11-12,14H2,1-4H3,(H,22,25). The minimum absolute atomic E-state index is 0.0599. The lowest BCUT2D eigenvalue weighted by molar-refractivity contribution is -0.116. The van der Waals surface area contributed by atoms with Crippen molar-refractivity contribution in [3.05, 3.63) is 53.6 Å². The van der Waals surface area contributed by atoms with Crippen molar-refractivity contribution in [2.45, 2.75) is 12.3 Å². The third-order valence-electron chi connectivity index (χ3n) is 4.68. The van der Waals surface area contributed by atoms with Crippen LogP contribution >= 0.6 is 0 Å². The molecule has 2 aromatic carbocycles. The monoisotopic (exact) mass is 353 g/mol. The summed E-state index contributed by atoms with van der Waals surface area (Å²) in [6, 6.07) is 14.4. The van der Waals surface area contributed by atoms with Crippen molar-refractivity contribution in [3.63, 3.8) is 0 Å². The van der Waals surface area contributed by atoms with E-state index in [0.29, 0.717) is 13.0 Å². The molecule has 5 nitrogen and oxygen atoms in total. The minimum Gasteiger partial charge on any atom is -0.492 e. The highest BCUT2D eigenvalue weighted by Crippen LogP contribution is 2.39. The molecule has 3 rings (SSSR count). The molecule has 0 aromatic heterocycles. The van der Waals surface area contributed by atoms with Gasteiger partial charge in [-0.15, -0.1) is 0 Å². The zero-order valence-corrected chi connectivity index (χ0v) is 16.0. The summed E-state index contributed by atoms with van der Waals surface area (Å²) in [7, 11) is 8.05. The van der Waals surface area contributed by atoms with Crippen molar-refractivity contribution in [2.24, 2.45) is 0 Å². The normalized spacial score (nSPS) is 16.2. The van der Waals surface area contributed by atoms with E-state index in [1.807, 2.05) is 51.3 Å². The second-order valence-corrected chi connectivity index (χ2v) is 7.19. The lowest BCUT2D eigenvalue weighted by Crippen LogP contribution is -2.24. The maximum absolute atomic E-state index is 12.2. The predicted octanol–water partition coefficient (Wildman–Crippen LogP) is 3.17. The first-order valence-corrected chi connectivity index (χ1v) is 8.92. The van der Waals surface area contributed by atoms with E-state index in [2.05, 4.69) is 34.5 Å². The summed E-state index contributed by atoms with van der Waals surface area (Å²) in [5.74, 6) is 0.995. The summed E-state index contributed by atoms with van der Waals surface area (Å²) in [5.41, 5.74) is 4.29. The number of likely N-dealkylation sites (N-methyl/N-ethyl adjacent to an activating group) is 1. The van der Waals surface area contributed by atoms with Gasteiger partial charge in [-0.3, -0.25) is 4.79 Å². The fraction of sp³-hybridized carbons (Fsp3) is 0.381. The van der Waals surface area contributed by atoms with Crippen molar-refractivity contribution in [1.82, 2.24) is 4.90 Å². The number of rotatable bonds is 6. The number of fused-ring (bicyclic) bond motifs is 1. The van der Waals surface area contributed by atoms with Crippen LogP contribution in [0.2, 0.25) is 0 Å². The molecule has 1 heterocycles. The molecular weight excluding hydrogens is 326 g/mol. The molecule has 138 valence electrons.